The van der Waals surface area contributed by atoms with Crippen LogP contribution < -0.4 is 5.32 Å². The van der Waals surface area contributed by atoms with Gasteiger partial charge in [0.25, 0.3) is 0 Å². The van der Waals surface area contributed by atoms with Crippen molar-refractivity contribution in [3.8, 4) is 0 Å². The highest BCUT2D eigenvalue weighted by Gasteiger charge is 2.25. The maximum absolute atomic E-state index is 4.94. The fraction of sp³-hybridized carbons (Fsp3) is 0.955. The molecule has 0 aromatic heterocycles. The van der Waals surface area contributed by atoms with Crippen molar-refractivity contribution in [2.45, 2.75) is 65.7 Å². The van der Waals surface area contributed by atoms with Gasteiger partial charge < -0.3 is 20.0 Å². The van der Waals surface area contributed by atoms with E-state index in [4.69, 9.17) is 4.99 Å². The molecule has 2 saturated heterocycles. The Labute approximate surface area is 168 Å². The zero-order valence-electron chi connectivity index (χ0n) is 18.4. The molecule has 2 heterocycles. The van der Waals surface area contributed by atoms with Gasteiger partial charge in [-0.05, 0) is 77.7 Å². The Hall–Kier alpha value is -0.810. The molecule has 158 valence electrons. The second-order valence-electron chi connectivity index (χ2n) is 8.29. The third-order valence-electron chi connectivity index (χ3n) is 6.17. The predicted octanol–water partition coefficient (Wildman–Crippen LogP) is 3.27. The number of unbranched alkanes of at least 4 members (excludes halogenated alkanes) is 2. The highest BCUT2D eigenvalue weighted by Crippen LogP contribution is 2.18. The van der Waals surface area contributed by atoms with E-state index < -0.39 is 0 Å². The van der Waals surface area contributed by atoms with E-state index in [1.54, 1.807) is 0 Å². The number of nitrogens with one attached hydrogen (secondary N) is 1. The Morgan fingerprint density at radius 1 is 1.00 bits per heavy atom. The van der Waals surface area contributed by atoms with E-state index in [1.165, 1.54) is 84.2 Å². The van der Waals surface area contributed by atoms with Crippen molar-refractivity contribution in [3.63, 3.8) is 0 Å². The average Bonchev–Trinajstić information content (AvgIpc) is 3.17. The van der Waals surface area contributed by atoms with Gasteiger partial charge in [-0.15, -0.1) is 0 Å². The number of nitrogens with zero attached hydrogens (tertiary/aromatic N) is 4. The summed E-state index contributed by atoms with van der Waals surface area (Å²) >= 11 is 0. The van der Waals surface area contributed by atoms with E-state index in [2.05, 4.69) is 40.8 Å². The first-order valence-electron chi connectivity index (χ1n) is 11.7. The van der Waals surface area contributed by atoms with E-state index in [0.717, 1.165) is 38.1 Å². The maximum Gasteiger partial charge on any atom is 0.193 e. The third kappa shape index (κ3) is 8.39. The second-order valence-corrected chi connectivity index (χ2v) is 8.29. The van der Waals surface area contributed by atoms with Gasteiger partial charge in [0.05, 0.1) is 0 Å². The fourth-order valence-corrected chi connectivity index (χ4v) is 4.44. The fourth-order valence-electron chi connectivity index (χ4n) is 4.44. The van der Waals surface area contributed by atoms with Gasteiger partial charge in [0.2, 0.25) is 0 Å². The zero-order valence-corrected chi connectivity index (χ0v) is 18.4. The summed E-state index contributed by atoms with van der Waals surface area (Å²) in [5.41, 5.74) is 0. The van der Waals surface area contributed by atoms with Crippen molar-refractivity contribution in [1.29, 1.82) is 0 Å². The second kappa shape index (κ2) is 13.4. The number of rotatable bonds is 11. The maximum atomic E-state index is 4.94. The number of piperidine rings is 1. The first-order valence-corrected chi connectivity index (χ1v) is 11.7. The standard InChI is InChI=1S/C22H45N5/c1-4-23-22(27-18-13-21(20-27)19-25(5-2)6-3)24-14-9-7-10-15-26-16-11-8-12-17-26/h21H,4-20H2,1-3H3,(H,23,24). The minimum absolute atomic E-state index is 0.790. The molecule has 0 aromatic carbocycles. The number of likely N-dealkylation sites (tertiary alicyclic amines) is 2. The quantitative estimate of drug-likeness (QED) is 0.339. The van der Waals surface area contributed by atoms with E-state index in [9.17, 15) is 0 Å². The minimum atomic E-state index is 0.790. The molecule has 5 heteroatoms. The van der Waals surface area contributed by atoms with E-state index in [1.807, 2.05) is 0 Å². The van der Waals surface area contributed by atoms with Gasteiger partial charge in [-0.25, -0.2) is 0 Å². The van der Waals surface area contributed by atoms with Crippen LogP contribution in [0.1, 0.15) is 65.7 Å². The van der Waals surface area contributed by atoms with Gasteiger partial charge in [-0.3, -0.25) is 4.99 Å². The van der Waals surface area contributed by atoms with Crippen LogP contribution in [0.2, 0.25) is 0 Å². The molecule has 0 bridgehead atoms. The lowest BCUT2D eigenvalue weighted by Crippen LogP contribution is -2.41. The molecule has 1 unspecified atom stereocenters. The van der Waals surface area contributed by atoms with Gasteiger partial charge in [0.1, 0.15) is 0 Å². The summed E-state index contributed by atoms with van der Waals surface area (Å²) in [6, 6.07) is 0. The van der Waals surface area contributed by atoms with Gasteiger partial charge >= 0.3 is 0 Å². The molecule has 0 spiro atoms. The number of guanidine groups is 1. The zero-order chi connectivity index (χ0) is 19.3. The molecule has 0 amide bonds. The number of hydrogen-bond donors (Lipinski definition) is 1. The average molecular weight is 380 g/mol. The molecule has 2 rings (SSSR count). The van der Waals surface area contributed by atoms with Crippen LogP contribution in [-0.2, 0) is 0 Å². The third-order valence-corrected chi connectivity index (χ3v) is 6.17. The van der Waals surface area contributed by atoms with Gasteiger partial charge in [-0.1, -0.05) is 26.7 Å². The van der Waals surface area contributed by atoms with Gasteiger partial charge in [-0.2, -0.15) is 0 Å². The van der Waals surface area contributed by atoms with Crippen molar-refractivity contribution >= 4 is 5.96 Å². The molecule has 1 atom stereocenters. The van der Waals surface area contributed by atoms with Crippen LogP contribution in [0.3, 0.4) is 0 Å². The molecular weight excluding hydrogens is 334 g/mol. The molecule has 0 radical (unpaired) electrons. The molecular formula is C22H45N5. The predicted molar refractivity (Wildman–Crippen MR) is 118 cm³/mol. The molecule has 2 fully saturated rings. The van der Waals surface area contributed by atoms with Crippen molar-refractivity contribution in [1.82, 2.24) is 20.0 Å². The largest absolute Gasteiger partial charge is 0.357 e. The van der Waals surface area contributed by atoms with Gasteiger partial charge in [0, 0.05) is 32.7 Å². The van der Waals surface area contributed by atoms with Crippen LogP contribution in [0.5, 0.6) is 0 Å². The van der Waals surface area contributed by atoms with Crippen LogP contribution in [0.25, 0.3) is 0 Å². The van der Waals surface area contributed by atoms with Crippen LogP contribution >= 0.6 is 0 Å². The first-order chi connectivity index (χ1) is 13.3. The Bertz CT molecular complexity index is 402. The smallest absolute Gasteiger partial charge is 0.193 e. The summed E-state index contributed by atoms with van der Waals surface area (Å²) in [4.78, 5) is 12.6. The molecule has 5 nitrogen and oxygen atoms in total. The van der Waals surface area contributed by atoms with E-state index in [0.29, 0.717) is 0 Å². The Balaban J connectivity index is 1.66. The lowest BCUT2D eigenvalue weighted by molar-refractivity contribution is 0.224. The van der Waals surface area contributed by atoms with Crippen molar-refractivity contribution in [2.75, 3.05) is 65.4 Å². The lowest BCUT2D eigenvalue weighted by Gasteiger charge is -2.26. The molecule has 0 aromatic rings. The minimum Gasteiger partial charge on any atom is -0.357 e. The molecule has 2 aliphatic rings. The summed E-state index contributed by atoms with van der Waals surface area (Å²) in [6.45, 7) is 18.5. The van der Waals surface area contributed by atoms with E-state index >= 15 is 0 Å². The summed E-state index contributed by atoms with van der Waals surface area (Å²) in [5.74, 6) is 1.94. The SMILES string of the molecule is CCNC(=NCCCCCN1CCCCC1)N1CCC(CN(CC)CC)C1. The molecule has 27 heavy (non-hydrogen) atoms. The van der Waals surface area contributed by atoms with Crippen LogP contribution in [0.15, 0.2) is 4.99 Å². The lowest BCUT2D eigenvalue weighted by atomic mass is 10.1. The monoisotopic (exact) mass is 379 g/mol. The molecule has 2 aliphatic heterocycles. The summed E-state index contributed by atoms with van der Waals surface area (Å²) in [7, 11) is 0. The summed E-state index contributed by atoms with van der Waals surface area (Å²) in [5, 5.41) is 3.52. The summed E-state index contributed by atoms with van der Waals surface area (Å²) < 4.78 is 0. The van der Waals surface area contributed by atoms with Crippen molar-refractivity contribution in [2.24, 2.45) is 10.9 Å². The topological polar surface area (TPSA) is 34.1 Å². The first kappa shape index (κ1) is 22.5. The van der Waals surface area contributed by atoms with Crippen molar-refractivity contribution in [3.05, 3.63) is 0 Å². The molecule has 0 aliphatic carbocycles. The summed E-state index contributed by atoms with van der Waals surface area (Å²) in [6.07, 6.45) is 9.41. The van der Waals surface area contributed by atoms with E-state index in [-0.39, 0.29) is 0 Å². The molecule has 1 N–H and O–H groups in total. The van der Waals surface area contributed by atoms with Crippen LogP contribution in [0, 0.1) is 5.92 Å². The number of hydrogen-bond acceptors (Lipinski definition) is 3. The van der Waals surface area contributed by atoms with Crippen LogP contribution in [-0.4, -0.2) is 86.1 Å². The van der Waals surface area contributed by atoms with Crippen molar-refractivity contribution < 1.29 is 0 Å². The number of aliphatic imine (C=N–C) groups is 1. The Morgan fingerprint density at radius 2 is 1.78 bits per heavy atom. The van der Waals surface area contributed by atoms with Gasteiger partial charge in [0.15, 0.2) is 5.96 Å². The highest BCUT2D eigenvalue weighted by molar-refractivity contribution is 5.80. The highest BCUT2D eigenvalue weighted by atomic mass is 15.3. The normalized spacial score (nSPS) is 22.0. The Morgan fingerprint density at radius 3 is 2.48 bits per heavy atom. The molecule has 0 saturated carbocycles. The Kier molecular flexibility index (Phi) is 11.1. The van der Waals surface area contributed by atoms with Crippen LogP contribution in [0.4, 0.5) is 0 Å².